The molecule has 26 nitrogen and oxygen atoms in total. The van der Waals surface area contributed by atoms with Gasteiger partial charge in [0.25, 0.3) is 5.79 Å². The molecule has 0 radical (unpaired) electrons. The molecular formula is C52H64F5N5O21. The molecule has 0 saturated carbocycles. The Hall–Kier alpha value is -6.27. The highest BCUT2D eigenvalue weighted by molar-refractivity contribution is 5.79. The van der Waals surface area contributed by atoms with Crippen LogP contribution in [0.3, 0.4) is 0 Å². The molecule has 458 valence electrons. The lowest BCUT2D eigenvalue weighted by atomic mass is 9.88. The standard InChI is InChI=1S/C52H64F5N5O21/c53-38-39(54)41(56)48(42(57)40(38)55)82-37(68)11-13-75-16-18-77-20-21-78-19-17-76-15-12-62-25-31(60-61-62)10-14-79-50-47(72)46(71)45(70)34(81-50)27-80-52(51(73)74)23-32(64)43(59-36(67)26-63)49(83-52)44(69)33(65)24-58-35(66)22-28-6-8-30(9-7-28)29-4-2-1-3-5-29/h1-9,25,32-34,43-47,49-50,63-65,69-72H,10-24,26-27H2,(H,58,66)(H,59,67)(H,73,74)/t32-,33+,34+,43+,44+,45-,46-,47+,49+,50+,52+/m0/s1. The van der Waals surface area contributed by atoms with Crippen LogP contribution in [0.15, 0.2) is 60.8 Å². The van der Waals surface area contributed by atoms with Gasteiger partial charge in [-0.2, -0.15) is 8.78 Å². The number of aliphatic carboxylic acids is 1. The van der Waals surface area contributed by atoms with E-state index >= 15 is 0 Å². The van der Waals surface area contributed by atoms with Crippen molar-refractivity contribution in [2.24, 2.45) is 0 Å². The van der Waals surface area contributed by atoms with E-state index in [4.69, 9.17) is 37.9 Å². The molecule has 3 aromatic carbocycles. The lowest BCUT2D eigenvalue weighted by Gasteiger charge is -2.47. The van der Waals surface area contributed by atoms with Crippen LogP contribution in [-0.2, 0) is 76.5 Å². The van der Waals surface area contributed by atoms with Crippen molar-refractivity contribution < 1.29 is 125 Å². The van der Waals surface area contributed by atoms with Crippen molar-refractivity contribution in [3.63, 3.8) is 0 Å². The first kappa shape index (κ1) is 65.9. The maximum atomic E-state index is 13.7. The van der Waals surface area contributed by atoms with Crippen molar-refractivity contribution in [3.05, 3.63) is 101 Å². The van der Waals surface area contributed by atoms with Gasteiger partial charge in [0.2, 0.25) is 46.6 Å². The van der Waals surface area contributed by atoms with Crippen LogP contribution >= 0.6 is 0 Å². The van der Waals surface area contributed by atoms with Crippen molar-refractivity contribution >= 4 is 23.8 Å². The molecule has 11 atom stereocenters. The number of carboxylic acids is 1. The predicted octanol–water partition coefficient (Wildman–Crippen LogP) is -1.43. The molecule has 2 fully saturated rings. The number of carbonyl (C=O) groups excluding carboxylic acids is 3. The summed E-state index contributed by atoms with van der Waals surface area (Å²) >= 11 is 0. The van der Waals surface area contributed by atoms with E-state index in [9.17, 15) is 82.0 Å². The summed E-state index contributed by atoms with van der Waals surface area (Å²) in [5, 5.41) is 98.6. The number of aliphatic hydroxyl groups is 7. The first-order valence-electron chi connectivity index (χ1n) is 25.9. The third-order valence-corrected chi connectivity index (χ3v) is 12.8. The Morgan fingerprint density at radius 2 is 1.35 bits per heavy atom. The van der Waals surface area contributed by atoms with Crippen LogP contribution in [0.4, 0.5) is 22.0 Å². The summed E-state index contributed by atoms with van der Waals surface area (Å²) in [6.45, 7) is -1.79. The number of hydrogen-bond acceptors (Lipinski definition) is 22. The summed E-state index contributed by atoms with van der Waals surface area (Å²) in [5.41, 5.74) is 2.93. The van der Waals surface area contributed by atoms with Crippen molar-refractivity contribution in [1.29, 1.82) is 0 Å². The number of amides is 2. The van der Waals surface area contributed by atoms with Gasteiger partial charge in [0.1, 0.15) is 43.2 Å². The summed E-state index contributed by atoms with van der Waals surface area (Å²) in [4.78, 5) is 49.9. The molecule has 0 aliphatic carbocycles. The number of carbonyl (C=O) groups is 4. The van der Waals surface area contributed by atoms with Gasteiger partial charge < -0.3 is 94.1 Å². The number of aromatic nitrogens is 3. The fourth-order valence-electron chi connectivity index (χ4n) is 8.36. The minimum atomic E-state index is -2.89. The van der Waals surface area contributed by atoms with Gasteiger partial charge in [-0.1, -0.05) is 59.8 Å². The van der Waals surface area contributed by atoms with E-state index in [0.29, 0.717) is 11.3 Å². The highest BCUT2D eigenvalue weighted by atomic mass is 19.2. The topological polar surface area (TPSA) is 368 Å². The van der Waals surface area contributed by atoms with Gasteiger partial charge in [-0.05, 0) is 16.7 Å². The molecule has 10 N–H and O–H groups in total. The second kappa shape index (κ2) is 32.1. The van der Waals surface area contributed by atoms with Crippen LogP contribution in [0.2, 0.25) is 0 Å². The number of aliphatic hydroxyl groups excluding tert-OH is 7. The van der Waals surface area contributed by atoms with Crippen molar-refractivity contribution in [3.8, 4) is 16.9 Å². The lowest BCUT2D eigenvalue weighted by molar-refractivity contribution is -0.338. The van der Waals surface area contributed by atoms with Gasteiger partial charge in [0.05, 0.1) is 109 Å². The minimum absolute atomic E-state index is 0.00583. The summed E-state index contributed by atoms with van der Waals surface area (Å²) < 4.78 is 117. The summed E-state index contributed by atoms with van der Waals surface area (Å²) in [7, 11) is 0. The van der Waals surface area contributed by atoms with Crippen molar-refractivity contribution in [1.82, 2.24) is 25.6 Å². The average Bonchev–Trinajstić information content (AvgIpc) is 3.25. The third-order valence-electron chi connectivity index (χ3n) is 12.8. The van der Waals surface area contributed by atoms with Crippen LogP contribution in [0, 0.1) is 29.1 Å². The number of ether oxygens (including phenoxy) is 9. The van der Waals surface area contributed by atoms with E-state index in [1.807, 2.05) is 42.5 Å². The van der Waals surface area contributed by atoms with Gasteiger partial charge in [-0.15, -0.1) is 5.10 Å². The number of benzene rings is 3. The molecule has 2 saturated heterocycles. The number of nitrogens with one attached hydrogen (secondary N) is 2. The molecule has 0 spiro atoms. The zero-order valence-electron chi connectivity index (χ0n) is 44.2. The largest absolute Gasteiger partial charge is 0.477 e. The molecular weight excluding hydrogens is 1130 g/mol. The Morgan fingerprint density at radius 3 is 1.98 bits per heavy atom. The van der Waals surface area contributed by atoms with Gasteiger partial charge in [-0.25, -0.2) is 22.6 Å². The Bertz CT molecular complexity index is 2690. The molecule has 2 amide bonds. The zero-order chi connectivity index (χ0) is 60.2. The van der Waals surface area contributed by atoms with Gasteiger partial charge in [-0.3, -0.25) is 14.4 Å². The van der Waals surface area contributed by atoms with E-state index < -0.39 is 158 Å². The van der Waals surface area contributed by atoms with E-state index in [2.05, 4.69) is 25.7 Å². The number of esters is 1. The number of hydrogen-bond donors (Lipinski definition) is 10. The molecule has 0 bridgehead atoms. The maximum Gasteiger partial charge on any atom is 0.364 e. The van der Waals surface area contributed by atoms with Crippen molar-refractivity contribution in [2.45, 2.75) is 99.2 Å². The molecule has 31 heteroatoms. The second-order valence-corrected chi connectivity index (χ2v) is 18.8. The van der Waals surface area contributed by atoms with Crippen LogP contribution < -0.4 is 15.4 Å². The third kappa shape index (κ3) is 18.6. The van der Waals surface area contributed by atoms with Crippen molar-refractivity contribution in [2.75, 3.05) is 79.2 Å². The smallest absolute Gasteiger partial charge is 0.364 e. The molecule has 6 rings (SSSR count). The predicted molar refractivity (Wildman–Crippen MR) is 268 cm³/mol. The minimum Gasteiger partial charge on any atom is -0.477 e. The zero-order valence-corrected chi connectivity index (χ0v) is 44.2. The number of halogens is 5. The van der Waals surface area contributed by atoms with Gasteiger partial charge >= 0.3 is 11.9 Å². The Morgan fingerprint density at radius 1 is 0.747 bits per heavy atom. The van der Waals surface area contributed by atoms with Crippen LogP contribution in [-0.4, -0.2) is 226 Å². The van der Waals surface area contributed by atoms with Gasteiger partial charge in [0.15, 0.2) is 6.29 Å². The maximum absolute atomic E-state index is 13.7. The second-order valence-electron chi connectivity index (χ2n) is 18.8. The molecule has 83 heavy (non-hydrogen) atoms. The first-order valence-corrected chi connectivity index (χ1v) is 25.9. The molecule has 4 aromatic rings. The SMILES string of the molecule is O=C(Cc1ccc(-c2ccccc2)cc1)NC[C@@H](O)[C@@H](O)[C@@H]1O[C@@](OC[C@H]2O[C@@H](OCCc3cn(CCOCCOCCOCCOCCC(=O)Oc4c(F)c(F)c(F)c(F)c4F)nn3)[C@H](O)[C@@H](O)[C@H]2O)(C(=O)O)C[C@H](O)[C@H]1NC(=O)CO. The number of carboxylic acid groups (broad SMARTS) is 1. The first-order chi connectivity index (χ1) is 39.7. The molecule has 2 aliphatic heterocycles. The van der Waals surface area contributed by atoms with E-state index in [1.54, 1.807) is 18.3 Å². The number of rotatable bonds is 33. The monoisotopic (exact) mass is 1190 g/mol. The Balaban J connectivity index is 0.877. The Kier molecular flexibility index (Phi) is 25.5. The summed E-state index contributed by atoms with van der Waals surface area (Å²) in [6.07, 6.45) is -16.8. The van der Waals surface area contributed by atoms with Crippen LogP contribution in [0.5, 0.6) is 5.75 Å². The highest BCUT2D eigenvalue weighted by Gasteiger charge is 2.57. The molecule has 1 aromatic heterocycles. The number of nitrogens with zero attached hydrogens (tertiary/aromatic N) is 3. The van der Waals surface area contributed by atoms with E-state index in [0.717, 1.165) is 11.1 Å². The summed E-state index contributed by atoms with van der Waals surface area (Å²) in [6, 6.07) is 15.0. The summed E-state index contributed by atoms with van der Waals surface area (Å²) in [5.74, 6) is -20.9. The highest BCUT2D eigenvalue weighted by Crippen LogP contribution is 2.35. The van der Waals surface area contributed by atoms with Crippen LogP contribution in [0.1, 0.15) is 24.1 Å². The normalized spacial score (nSPS) is 23.3. The lowest BCUT2D eigenvalue weighted by Crippen LogP contribution is -2.69. The van der Waals surface area contributed by atoms with E-state index in [-0.39, 0.29) is 78.8 Å². The van der Waals surface area contributed by atoms with E-state index in [1.165, 1.54) is 4.68 Å². The van der Waals surface area contributed by atoms with Crippen LogP contribution in [0.25, 0.3) is 11.1 Å². The van der Waals surface area contributed by atoms with Gasteiger partial charge in [0, 0.05) is 25.6 Å². The Labute approximate surface area is 469 Å². The fraction of sp³-hybridized carbons (Fsp3) is 0.538. The average molecular weight is 1190 g/mol. The molecule has 3 heterocycles. The fourth-order valence-corrected chi connectivity index (χ4v) is 8.36. The molecule has 0 unspecified atom stereocenters. The molecule has 2 aliphatic rings. The quantitative estimate of drug-likeness (QED) is 0.00653.